The van der Waals surface area contributed by atoms with Gasteiger partial charge in [-0.3, -0.25) is 4.79 Å². The lowest BCUT2D eigenvalue weighted by Crippen LogP contribution is -2.29. The largest absolute Gasteiger partial charge is 0.494 e. The van der Waals surface area contributed by atoms with Gasteiger partial charge >= 0.3 is 12.1 Å². The van der Waals surface area contributed by atoms with Crippen LogP contribution >= 0.6 is 0 Å². The molecular formula is C24H27F4NO3. The van der Waals surface area contributed by atoms with E-state index < -0.39 is 23.5 Å². The van der Waals surface area contributed by atoms with Crippen molar-refractivity contribution in [3.8, 4) is 5.75 Å². The second kappa shape index (κ2) is 9.90. The van der Waals surface area contributed by atoms with E-state index in [0.717, 1.165) is 18.4 Å². The van der Waals surface area contributed by atoms with E-state index in [2.05, 4.69) is 5.32 Å². The molecule has 2 aromatic rings. The topological polar surface area (TPSA) is 58.6 Å². The lowest BCUT2D eigenvalue weighted by Gasteiger charge is -2.21. The molecule has 0 unspecified atom stereocenters. The molecule has 0 amide bonds. The van der Waals surface area contributed by atoms with Gasteiger partial charge in [0.2, 0.25) is 0 Å². The molecule has 8 heteroatoms. The third-order valence-corrected chi connectivity index (χ3v) is 6.11. The number of methoxy groups -OCH3 is 1. The van der Waals surface area contributed by atoms with Crippen molar-refractivity contribution >= 4 is 5.97 Å². The molecule has 32 heavy (non-hydrogen) atoms. The summed E-state index contributed by atoms with van der Waals surface area (Å²) in [4.78, 5) is 10.8. The van der Waals surface area contributed by atoms with Crippen molar-refractivity contribution in [3.05, 3.63) is 64.5 Å². The maximum absolute atomic E-state index is 13.7. The standard InChI is InChI=1S/C24H27F4NO3/c1-14(16-6-9-21(25)22(13-16)32-2)29-19-8-5-17(11-19)18-4-3-15(7-10-23(30)31)20(12-18)24(26,27)28/h3-4,6,9,12-14,17,19,29H,5,7-8,10-11H2,1-2H3,(H,30,31)/t14-,17-,19+/m1/s1. The average molecular weight is 453 g/mol. The Hall–Kier alpha value is -2.61. The van der Waals surface area contributed by atoms with E-state index in [0.29, 0.717) is 12.0 Å². The fraction of sp³-hybridized carbons (Fsp3) is 0.458. The van der Waals surface area contributed by atoms with Crippen molar-refractivity contribution in [3.63, 3.8) is 0 Å². The van der Waals surface area contributed by atoms with Gasteiger partial charge in [0.15, 0.2) is 11.6 Å². The fourth-order valence-electron chi connectivity index (χ4n) is 4.40. The number of ether oxygens (including phenoxy) is 1. The summed E-state index contributed by atoms with van der Waals surface area (Å²) >= 11 is 0. The van der Waals surface area contributed by atoms with Crippen LogP contribution in [0.4, 0.5) is 17.6 Å². The smallest absolute Gasteiger partial charge is 0.416 e. The van der Waals surface area contributed by atoms with E-state index in [1.165, 1.54) is 25.3 Å². The zero-order valence-corrected chi connectivity index (χ0v) is 18.0. The summed E-state index contributed by atoms with van der Waals surface area (Å²) in [7, 11) is 1.41. The lowest BCUT2D eigenvalue weighted by molar-refractivity contribution is -0.140. The van der Waals surface area contributed by atoms with Crippen molar-refractivity contribution in [1.82, 2.24) is 5.32 Å². The number of hydrogen-bond donors (Lipinski definition) is 2. The molecule has 0 saturated heterocycles. The zero-order valence-electron chi connectivity index (χ0n) is 18.0. The normalized spacial score (nSPS) is 19.7. The maximum atomic E-state index is 13.7. The van der Waals surface area contributed by atoms with E-state index >= 15 is 0 Å². The molecule has 3 rings (SSSR count). The third-order valence-electron chi connectivity index (χ3n) is 6.11. The van der Waals surface area contributed by atoms with E-state index in [4.69, 9.17) is 9.84 Å². The second-order valence-corrected chi connectivity index (χ2v) is 8.30. The minimum Gasteiger partial charge on any atom is -0.494 e. The van der Waals surface area contributed by atoms with E-state index in [-0.39, 0.29) is 42.2 Å². The number of benzene rings is 2. The highest BCUT2D eigenvalue weighted by Crippen LogP contribution is 2.40. The number of nitrogens with one attached hydrogen (secondary N) is 1. The van der Waals surface area contributed by atoms with Crippen LogP contribution < -0.4 is 10.1 Å². The van der Waals surface area contributed by atoms with Gasteiger partial charge in [-0.25, -0.2) is 4.39 Å². The number of halogens is 4. The van der Waals surface area contributed by atoms with Crippen molar-refractivity contribution < 1.29 is 32.2 Å². The lowest BCUT2D eigenvalue weighted by atomic mass is 9.92. The first-order valence-corrected chi connectivity index (χ1v) is 10.6. The number of carboxylic acids is 1. The quantitative estimate of drug-likeness (QED) is 0.492. The molecule has 1 saturated carbocycles. The van der Waals surface area contributed by atoms with Gasteiger partial charge in [0.25, 0.3) is 0 Å². The van der Waals surface area contributed by atoms with Crippen LogP contribution in [0.2, 0.25) is 0 Å². The van der Waals surface area contributed by atoms with Crippen LogP contribution in [0.1, 0.15) is 66.8 Å². The van der Waals surface area contributed by atoms with Crippen LogP contribution in [-0.4, -0.2) is 24.2 Å². The summed E-state index contributed by atoms with van der Waals surface area (Å²) in [5, 5.41) is 12.3. The van der Waals surface area contributed by atoms with Gasteiger partial charge in [0.1, 0.15) is 0 Å². The molecule has 0 heterocycles. The Morgan fingerprint density at radius 2 is 1.97 bits per heavy atom. The van der Waals surface area contributed by atoms with Gasteiger partial charge in [-0.1, -0.05) is 18.2 Å². The number of hydrogen-bond acceptors (Lipinski definition) is 3. The molecule has 1 fully saturated rings. The van der Waals surface area contributed by atoms with Gasteiger partial charge in [0, 0.05) is 18.5 Å². The number of alkyl halides is 3. The highest BCUT2D eigenvalue weighted by atomic mass is 19.4. The van der Waals surface area contributed by atoms with E-state index in [1.54, 1.807) is 18.2 Å². The van der Waals surface area contributed by atoms with Crippen molar-refractivity contribution in [2.45, 2.75) is 63.2 Å². The van der Waals surface area contributed by atoms with Crippen molar-refractivity contribution in [1.29, 1.82) is 0 Å². The van der Waals surface area contributed by atoms with Gasteiger partial charge in [-0.15, -0.1) is 0 Å². The first-order valence-electron chi connectivity index (χ1n) is 10.6. The Labute approximate surface area is 184 Å². The van der Waals surface area contributed by atoms with Crippen molar-refractivity contribution in [2.75, 3.05) is 7.11 Å². The molecule has 0 aromatic heterocycles. The molecule has 4 nitrogen and oxygen atoms in total. The van der Waals surface area contributed by atoms with Crippen LogP contribution in [0.5, 0.6) is 5.75 Å². The summed E-state index contributed by atoms with van der Waals surface area (Å²) in [6.45, 7) is 1.96. The molecule has 0 aliphatic heterocycles. The number of carboxylic acid groups (broad SMARTS) is 1. The third kappa shape index (κ3) is 5.79. The molecule has 174 valence electrons. The minimum atomic E-state index is -4.53. The van der Waals surface area contributed by atoms with Crippen LogP contribution in [0.25, 0.3) is 0 Å². The minimum absolute atomic E-state index is 0.00945. The van der Waals surface area contributed by atoms with Gasteiger partial charge in [0.05, 0.1) is 12.7 Å². The summed E-state index contributed by atoms with van der Waals surface area (Å²) in [6.07, 6.45) is -2.77. The zero-order chi connectivity index (χ0) is 23.5. The second-order valence-electron chi connectivity index (χ2n) is 8.30. The molecule has 1 aliphatic carbocycles. The Bertz CT molecular complexity index is 961. The summed E-state index contributed by atoms with van der Waals surface area (Å²) < 4.78 is 59.4. The van der Waals surface area contributed by atoms with E-state index in [9.17, 15) is 22.4 Å². The van der Waals surface area contributed by atoms with Crippen LogP contribution in [-0.2, 0) is 17.4 Å². The highest BCUT2D eigenvalue weighted by Gasteiger charge is 2.35. The Kier molecular flexibility index (Phi) is 7.44. The number of carbonyl (C=O) groups is 1. The molecule has 3 atom stereocenters. The van der Waals surface area contributed by atoms with Crippen LogP contribution in [0, 0.1) is 5.82 Å². The summed E-state index contributed by atoms with van der Waals surface area (Å²) in [6, 6.07) is 9.01. The van der Waals surface area contributed by atoms with Gasteiger partial charge < -0.3 is 15.2 Å². The Morgan fingerprint density at radius 3 is 2.62 bits per heavy atom. The van der Waals surface area contributed by atoms with Crippen LogP contribution in [0.3, 0.4) is 0 Å². The fourth-order valence-corrected chi connectivity index (χ4v) is 4.40. The number of aliphatic carboxylic acids is 1. The molecular weight excluding hydrogens is 426 g/mol. The number of aryl methyl sites for hydroxylation is 1. The van der Waals surface area contributed by atoms with Crippen LogP contribution in [0.15, 0.2) is 36.4 Å². The molecule has 0 spiro atoms. The molecule has 0 bridgehead atoms. The van der Waals surface area contributed by atoms with Crippen molar-refractivity contribution in [2.24, 2.45) is 0 Å². The summed E-state index contributed by atoms with van der Waals surface area (Å²) in [5.74, 6) is -1.41. The molecule has 2 N–H and O–H groups in total. The Balaban J connectivity index is 1.69. The maximum Gasteiger partial charge on any atom is 0.416 e. The monoisotopic (exact) mass is 453 g/mol. The SMILES string of the molecule is COc1cc([C@@H](C)N[C@H]2CC[C@@H](c3ccc(CCC(=O)O)c(C(F)(F)F)c3)C2)ccc1F. The van der Waals surface area contributed by atoms with E-state index in [1.807, 2.05) is 6.92 Å². The highest BCUT2D eigenvalue weighted by molar-refractivity contribution is 5.67. The first kappa shape index (κ1) is 24.0. The van der Waals surface area contributed by atoms with Gasteiger partial charge in [-0.05, 0) is 73.4 Å². The molecule has 0 radical (unpaired) electrons. The van der Waals surface area contributed by atoms with Gasteiger partial charge in [-0.2, -0.15) is 13.2 Å². The number of rotatable bonds is 8. The molecule has 1 aliphatic rings. The summed E-state index contributed by atoms with van der Waals surface area (Å²) in [5.41, 5.74) is 0.750. The first-order chi connectivity index (χ1) is 15.1. The predicted molar refractivity (Wildman–Crippen MR) is 112 cm³/mol. The average Bonchev–Trinajstić information content (AvgIpc) is 3.20. The predicted octanol–water partition coefficient (Wildman–Crippen LogP) is 5.86. The Morgan fingerprint density at radius 1 is 1.22 bits per heavy atom. The molecule has 2 aromatic carbocycles.